The molecule has 2 aliphatic rings. The second-order valence-electron chi connectivity index (χ2n) is 9.30. The Bertz CT molecular complexity index is 945. The lowest BCUT2D eigenvalue weighted by Crippen LogP contribution is -2.53. The molecule has 0 N–H and O–H groups in total. The average molecular weight is 454 g/mol. The largest absolute Gasteiger partial charge is 0.493 e. The summed E-state index contributed by atoms with van der Waals surface area (Å²) in [7, 11) is 2.06. The van der Waals surface area contributed by atoms with Crippen LogP contribution in [0, 0.1) is 11.2 Å². The van der Waals surface area contributed by atoms with Crippen molar-refractivity contribution in [3.8, 4) is 5.75 Å². The standard InChI is InChI=1S/C26H32FN3O3/c1-28-14-16-29(17-15-28)24(31)18-26(20-33-23-10-8-22(27)9-11-23)12-5-13-30(19-26)25(32)21-6-3-2-4-7-21/h2-4,6-11H,5,12-20H2,1H3. The van der Waals surface area contributed by atoms with E-state index in [-0.39, 0.29) is 17.6 Å². The van der Waals surface area contributed by atoms with Gasteiger partial charge in [0, 0.05) is 56.7 Å². The van der Waals surface area contributed by atoms with Gasteiger partial charge in [-0.2, -0.15) is 0 Å². The van der Waals surface area contributed by atoms with Crippen molar-refractivity contribution in [2.75, 3.05) is 52.9 Å². The van der Waals surface area contributed by atoms with E-state index >= 15 is 0 Å². The van der Waals surface area contributed by atoms with Crippen LogP contribution in [-0.4, -0.2) is 79.4 Å². The number of halogens is 1. The molecule has 0 saturated carbocycles. The molecule has 0 radical (unpaired) electrons. The molecule has 176 valence electrons. The lowest BCUT2D eigenvalue weighted by Gasteiger charge is -2.43. The van der Waals surface area contributed by atoms with Crippen LogP contribution in [0.4, 0.5) is 4.39 Å². The summed E-state index contributed by atoms with van der Waals surface area (Å²) in [6.07, 6.45) is 1.93. The highest BCUT2D eigenvalue weighted by atomic mass is 19.1. The van der Waals surface area contributed by atoms with E-state index in [4.69, 9.17) is 4.74 Å². The van der Waals surface area contributed by atoms with Crippen LogP contribution in [0.5, 0.6) is 5.75 Å². The lowest BCUT2D eigenvalue weighted by molar-refractivity contribution is -0.137. The molecule has 0 aliphatic carbocycles. The van der Waals surface area contributed by atoms with Crippen molar-refractivity contribution in [1.82, 2.24) is 14.7 Å². The first-order chi connectivity index (χ1) is 15.9. The Morgan fingerprint density at radius 3 is 2.33 bits per heavy atom. The summed E-state index contributed by atoms with van der Waals surface area (Å²) in [6.45, 7) is 4.59. The minimum Gasteiger partial charge on any atom is -0.493 e. The van der Waals surface area contributed by atoms with Crippen LogP contribution in [0.1, 0.15) is 29.6 Å². The van der Waals surface area contributed by atoms with Gasteiger partial charge in [-0.3, -0.25) is 9.59 Å². The number of piperidine rings is 1. The second-order valence-corrected chi connectivity index (χ2v) is 9.30. The number of likely N-dealkylation sites (tertiary alicyclic amines) is 1. The van der Waals surface area contributed by atoms with E-state index in [1.165, 1.54) is 12.1 Å². The molecule has 2 aromatic carbocycles. The van der Waals surface area contributed by atoms with Gasteiger partial charge in [0.05, 0.1) is 6.61 Å². The van der Waals surface area contributed by atoms with Crippen molar-refractivity contribution in [1.29, 1.82) is 0 Å². The number of carbonyl (C=O) groups excluding carboxylic acids is 2. The highest BCUT2D eigenvalue weighted by Crippen LogP contribution is 2.36. The van der Waals surface area contributed by atoms with E-state index in [1.54, 1.807) is 12.1 Å². The number of benzene rings is 2. The first-order valence-corrected chi connectivity index (χ1v) is 11.6. The van der Waals surface area contributed by atoms with Crippen molar-refractivity contribution in [3.63, 3.8) is 0 Å². The lowest BCUT2D eigenvalue weighted by atomic mass is 9.77. The maximum atomic E-state index is 13.3. The SMILES string of the molecule is CN1CCN(C(=O)CC2(COc3ccc(F)cc3)CCCN(C(=O)c3ccccc3)C2)CC1. The third-order valence-electron chi connectivity index (χ3n) is 6.71. The van der Waals surface area contributed by atoms with E-state index in [0.29, 0.717) is 37.4 Å². The first-order valence-electron chi connectivity index (χ1n) is 11.6. The molecule has 2 fully saturated rings. The van der Waals surface area contributed by atoms with E-state index in [1.807, 2.05) is 40.1 Å². The molecule has 0 spiro atoms. The van der Waals surface area contributed by atoms with Crippen molar-refractivity contribution < 1.29 is 18.7 Å². The molecule has 0 aromatic heterocycles. The molecule has 33 heavy (non-hydrogen) atoms. The van der Waals surface area contributed by atoms with Crippen LogP contribution >= 0.6 is 0 Å². The summed E-state index contributed by atoms with van der Waals surface area (Å²) in [5, 5.41) is 0. The van der Waals surface area contributed by atoms with Crippen LogP contribution in [-0.2, 0) is 4.79 Å². The van der Waals surface area contributed by atoms with Gasteiger partial charge in [0.2, 0.25) is 5.91 Å². The first kappa shape index (κ1) is 23.2. The summed E-state index contributed by atoms with van der Waals surface area (Å²) in [6, 6.07) is 15.2. The van der Waals surface area contributed by atoms with Gasteiger partial charge in [-0.25, -0.2) is 4.39 Å². The molecule has 2 heterocycles. The Hall–Kier alpha value is -2.93. The van der Waals surface area contributed by atoms with Gasteiger partial charge in [-0.1, -0.05) is 18.2 Å². The molecule has 2 aromatic rings. The number of ether oxygens (including phenoxy) is 1. The molecule has 1 atom stereocenters. The fourth-order valence-electron chi connectivity index (χ4n) is 4.71. The molecular weight excluding hydrogens is 421 g/mol. The Morgan fingerprint density at radius 1 is 0.939 bits per heavy atom. The molecule has 1 unspecified atom stereocenters. The topological polar surface area (TPSA) is 53.1 Å². The Labute approximate surface area is 194 Å². The third-order valence-corrected chi connectivity index (χ3v) is 6.71. The van der Waals surface area contributed by atoms with Crippen molar-refractivity contribution in [2.45, 2.75) is 19.3 Å². The molecule has 7 heteroatoms. The van der Waals surface area contributed by atoms with Crippen molar-refractivity contribution in [3.05, 3.63) is 66.0 Å². The highest BCUT2D eigenvalue weighted by molar-refractivity contribution is 5.94. The number of piperazine rings is 1. The van der Waals surface area contributed by atoms with Gasteiger partial charge in [0.25, 0.3) is 5.91 Å². The monoisotopic (exact) mass is 453 g/mol. The maximum Gasteiger partial charge on any atom is 0.253 e. The second kappa shape index (κ2) is 10.3. The van der Waals surface area contributed by atoms with Gasteiger partial charge < -0.3 is 19.4 Å². The van der Waals surface area contributed by atoms with Crippen molar-refractivity contribution in [2.24, 2.45) is 5.41 Å². The van der Waals surface area contributed by atoms with Crippen molar-refractivity contribution >= 4 is 11.8 Å². The Kier molecular flexibility index (Phi) is 7.28. The summed E-state index contributed by atoms with van der Waals surface area (Å²) < 4.78 is 19.4. The summed E-state index contributed by atoms with van der Waals surface area (Å²) in [5.74, 6) is 0.335. The van der Waals surface area contributed by atoms with Gasteiger partial charge in [-0.15, -0.1) is 0 Å². The zero-order valence-corrected chi connectivity index (χ0v) is 19.2. The van der Waals surface area contributed by atoms with Crippen LogP contribution < -0.4 is 4.74 Å². The van der Waals surface area contributed by atoms with Gasteiger partial charge >= 0.3 is 0 Å². The smallest absolute Gasteiger partial charge is 0.253 e. The number of rotatable bonds is 6. The van der Waals surface area contributed by atoms with Gasteiger partial charge in [-0.05, 0) is 56.3 Å². The van der Waals surface area contributed by atoms with Crippen LogP contribution in [0.15, 0.2) is 54.6 Å². The quantitative estimate of drug-likeness (QED) is 0.674. The van der Waals surface area contributed by atoms with E-state index < -0.39 is 5.41 Å². The Balaban J connectivity index is 1.51. The molecule has 2 saturated heterocycles. The molecule has 0 bridgehead atoms. The number of hydrogen-bond acceptors (Lipinski definition) is 4. The summed E-state index contributed by atoms with van der Waals surface area (Å²) in [5.41, 5.74) is 0.162. The zero-order chi connectivity index (χ0) is 23.3. The molecule has 4 rings (SSSR count). The number of likely N-dealkylation sites (N-methyl/N-ethyl adjacent to an activating group) is 1. The minimum atomic E-state index is -0.489. The molecule has 2 aliphatic heterocycles. The highest BCUT2D eigenvalue weighted by Gasteiger charge is 2.41. The number of hydrogen-bond donors (Lipinski definition) is 0. The maximum absolute atomic E-state index is 13.3. The van der Waals surface area contributed by atoms with Gasteiger partial charge in [0.15, 0.2) is 0 Å². The third kappa shape index (κ3) is 5.90. The summed E-state index contributed by atoms with van der Waals surface area (Å²) in [4.78, 5) is 32.4. The fraction of sp³-hybridized carbons (Fsp3) is 0.462. The van der Waals surface area contributed by atoms with Crippen LogP contribution in [0.3, 0.4) is 0 Å². The number of carbonyl (C=O) groups is 2. The van der Waals surface area contributed by atoms with Crippen LogP contribution in [0.2, 0.25) is 0 Å². The van der Waals surface area contributed by atoms with Crippen LogP contribution in [0.25, 0.3) is 0 Å². The predicted octanol–water partition coefficient (Wildman–Crippen LogP) is 3.29. The van der Waals surface area contributed by atoms with Gasteiger partial charge in [0.1, 0.15) is 11.6 Å². The molecular formula is C26H32FN3O3. The molecule has 2 amide bonds. The summed E-state index contributed by atoms with van der Waals surface area (Å²) >= 11 is 0. The molecule has 6 nitrogen and oxygen atoms in total. The number of amides is 2. The van der Waals surface area contributed by atoms with E-state index in [2.05, 4.69) is 11.9 Å². The van der Waals surface area contributed by atoms with E-state index in [9.17, 15) is 14.0 Å². The number of nitrogens with zero attached hydrogens (tertiary/aromatic N) is 3. The Morgan fingerprint density at radius 2 is 1.64 bits per heavy atom. The normalized spacial score (nSPS) is 21.6. The minimum absolute atomic E-state index is 0.0199. The van der Waals surface area contributed by atoms with E-state index in [0.717, 1.165) is 39.0 Å². The fourth-order valence-corrected chi connectivity index (χ4v) is 4.71. The zero-order valence-electron chi connectivity index (χ0n) is 19.2. The average Bonchev–Trinajstić information content (AvgIpc) is 2.84. The predicted molar refractivity (Wildman–Crippen MR) is 125 cm³/mol.